The third-order valence-corrected chi connectivity index (χ3v) is 16.9. The number of rotatable bonds is 69. The van der Waals surface area contributed by atoms with Gasteiger partial charge in [-0.3, -0.25) is 14.4 Å². The molecule has 0 fully saturated rings. The molecule has 0 aromatic carbocycles. The van der Waals surface area contributed by atoms with Crippen LogP contribution >= 0.6 is 0 Å². The highest BCUT2D eigenvalue weighted by Gasteiger charge is 2.20. The molecule has 0 amide bonds. The van der Waals surface area contributed by atoms with E-state index < -0.39 is 6.10 Å². The number of carbonyl (C=O) groups excluding carboxylic acids is 3. The van der Waals surface area contributed by atoms with E-state index >= 15 is 0 Å². The van der Waals surface area contributed by atoms with E-state index in [9.17, 15) is 14.4 Å². The summed E-state index contributed by atoms with van der Waals surface area (Å²) in [6.07, 6.45) is 89.0. The molecule has 0 bridgehead atoms. The molecule has 0 aliphatic carbocycles. The van der Waals surface area contributed by atoms with Crippen molar-refractivity contribution in [1.29, 1.82) is 0 Å². The molecule has 0 aliphatic heterocycles. The zero-order chi connectivity index (χ0) is 59.2. The molecule has 6 heteroatoms. The molecule has 0 aromatic rings. The van der Waals surface area contributed by atoms with E-state index in [0.717, 1.165) is 77.0 Å². The van der Waals surface area contributed by atoms with Crippen LogP contribution in [0.3, 0.4) is 0 Å². The molecular weight excluding hydrogens is 1010 g/mol. The molecule has 82 heavy (non-hydrogen) atoms. The summed E-state index contributed by atoms with van der Waals surface area (Å²) < 4.78 is 17.0. The van der Waals surface area contributed by atoms with Crippen LogP contribution in [-0.4, -0.2) is 37.2 Å². The smallest absolute Gasteiger partial charge is 0.306 e. The Labute approximate surface area is 512 Å². The molecule has 6 nitrogen and oxygen atoms in total. The van der Waals surface area contributed by atoms with E-state index in [1.54, 1.807) is 0 Å². The molecule has 0 saturated heterocycles. The molecule has 0 heterocycles. The van der Waals surface area contributed by atoms with Gasteiger partial charge in [0.2, 0.25) is 0 Å². The second-order valence-electron chi connectivity index (χ2n) is 25.2. The van der Waals surface area contributed by atoms with E-state index in [1.807, 2.05) is 0 Å². The fourth-order valence-electron chi connectivity index (χ4n) is 11.3. The van der Waals surface area contributed by atoms with Crippen LogP contribution in [0.5, 0.6) is 0 Å². The highest BCUT2D eigenvalue weighted by atomic mass is 16.6. The van der Waals surface area contributed by atoms with Gasteiger partial charge in [-0.25, -0.2) is 0 Å². The average Bonchev–Trinajstić information content (AvgIpc) is 3.47. The highest BCUT2D eigenvalue weighted by Crippen LogP contribution is 2.19. The van der Waals surface area contributed by atoms with Crippen molar-refractivity contribution in [3.8, 4) is 0 Å². The standard InChI is InChI=1S/C76H142O6/c1-4-7-10-13-16-19-22-25-28-30-32-33-34-35-36-37-38-39-40-41-42-44-45-48-51-54-57-60-63-66-69-75(78)81-72-73(71-80-74(77)68-65-62-59-56-53-50-47-27-24-21-18-15-12-9-6-3)82-76(79)70-67-64-61-58-55-52-49-46-43-31-29-26-23-20-17-14-11-8-5-2/h17,20,26,29,43,46,73H,4-16,18-19,21-25,27-28,30-42,44-45,47-72H2,1-3H3/b20-17-,29-26-,46-43-. The Kier molecular flexibility index (Phi) is 69.1. The molecular formula is C76H142O6. The van der Waals surface area contributed by atoms with Gasteiger partial charge in [-0.05, 0) is 57.8 Å². The minimum Gasteiger partial charge on any atom is -0.462 e. The first kappa shape index (κ1) is 79.6. The number of esters is 3. The second-order valence-corrected chi connectivity index (χ2v) is 25.2. The Hall–Kier alpha value is -2.37. The highest BCUT2D eigenvalue weighted by molar-refractivity contribution is 5.71. The van der Waals surface area contributed by atoms with Crippen molar-refractivity contribution in [3.63, 3.8) is 0 Å². The Balaban J connectivity index is 4.20. The minimum absolute atomic E-state index is 0.0718. The fraction of sp³-hybridized carbons (Fsp3) is 0.882. The van der Waals surface area contributed by atoms with Crippen molar-refractivity contribution in [1.82, 2.24) is 0 Å². The number of unbranched alkanes of at least 4 members (excludes halogenated alkanes) is 52. The van der Waals surface area contributed by atoms with Gasteiger partial charge in [0, 0.05) is 19.3 Å². The molecule has 0 radical (unpaired) electrons. The quantitative estimate of drug-likeness (QED) is 0.0261. The van der Waals surface area contributed by atoms with Gasteiger partial charge in [0.25, 0.3) is 0 Å². The number of allylic oxidation sites excluding steroid dienone is 6. The van der Waals surface area contributed by atoms with Gasteiger partial charge >= 0.3 is 17.9 Å². The lowest BCUT2D eigenvalue weighted by molar-refractivity contribution is -0.167. The molecule has 0 aromatic heterocycles. The van der Waals surface area contributed by atoms with Crippen molar-refractivity contribution in [3.05, 3.63) is 36.5 Å². The lowest BCUT2D eigenvalue weighted by Crippen LogP contribution is -2.30. The lowest BCUT2D eigenvalue weighted by Gasteiger charge is -2.18. The molecule has 0 aliphatic rings. The first-order chi connectivity index (χ1) is 40.5. The average molecular weight is 1150 g/mol. The summed E-state index contributed by atoms with van der Waals surface area (Å²) in [6.45, 7) is 6.68. The van der Waals surface area contributed by atoms with Crippen LogP contribution < -0.4 is 0 Å². The topological polar surface area (TPSA) is 78.9 Å². The normalized spacial score (nSPS) is 12.2. The van der Waals surface area contributed by atoms with Crippen LogP contribution in [0.1, 0.15) is 412 Å². The lowest BCUT2D eigenvalue weighted by atomic mass is 10.0. The summed E-state index contributed by atoms with van der Waals surface area (Å²) >= 11 is 0. The Morgan fingerprint density at radius 1 is 0.244 bits per heavy atom. The summed E-state index contributed by atoms with van der Waals surface area (Å²) in [4.78, 5) is 38.5. The fourth-order valence-corrected chi connectivity index (χ4v) is 11.3. The Morgan fingerprint density at radius 2 is 0.439 bits per heavy atom. The van der Waals surface area contributed by atoms with E-state index in [2.05, 4.69) is 57.2 Å². The summed E-state index contributed by atoms with van der Waals surface area (Å²) in [5, 5.41) is 0. The van der Waals surface area contributed by atoms with Crippen LogP contribution in [0, 0.1) is 0 Å². The van der Waals surface area contributed by atoms with Crippen LogP contribution in [0.4, 0.5) is 0 Å². The van der Waals surface area contributed by atoms with Gasteiger partial charge in [0.05, 0.1) is 0 Å². The van der Waals surface area contributed by atoms with Gasteiger partial charge in [-0.2, -0.15) is 0 Å². The maximum absolute atomic E-state index is 12.9. The van der Waals surface area contributed by atoms with Gasteiger partial charge in [0.15, 0.2) is 6.10 Å². The van der Waals surface area contributed by atoms with Crippen molar-refractivity contribution in [2.75, 3.05) is 13.2 Å². The summed E-state index contributed by atoms with van der Waals surface area (Å²) in [5.74, 6) is -0.853. The Morgan fingerprint density at radius 3 is 0.707 bits per heavy atom. The second kappa shape index (κ2) is 71.1. The largest absolute Gasteiger partial charge is 0.462 e. The first-order valence-corrected chi connectivity index (χ1v) is 37.0. The molecule has 1 unspecified atom stereocenters. The van der Waals surface area contributed by atoms with E-state index in [-0.39, 0.29) is 31.1 Å². The zero-order valence-electron chi connectivity index (χ0n) is 55.5. The van der Waals surface area contributed by atoms with Crippen molar-refractivity contribution >= 4 is 17.9 Å². The molecule has 0 N–H and O–H groups in total. The first-order valence-electron chi connectivity index (χ1n) is 37.0. The third kappa shape index (κ3) is 68.4. The molecule has 482 valence electrons. The number of ether oxygens (including phenoxy) is 3. The maximum Gasteiger partial charge on any atom is 0.306 e. The van der Waals surface area contributed by atoms with Gasteiger partial charge < -0.3 is 14.2 Å². The number of hydrogen-bond donors (Lipinski definition) is 0. The number of carbonyl (C=O) groups is 3. The minimum atomic E-state index is -0.777. The predicted molar refractivity (Wildman–Crippen MR) is 358 cm³/mol. The van der Waals surface area contributed by atoms with E-state index in [4.69, 9.17) is 14.2 Å². The van der Waals surface area contributed by atoms with Crippen molar-refractivity contribution in [2.45, 2.75) is 419 Å². The SMILES string of the molecule is CCCCC/C=C\C/C=C\C/C=C\CCCCCCCCC(=O)OC(COC(=O)CCCCCCCCCCCCCCCCC)COC(=O)CCCCCCCCCCCCCCCCCCCCCCCCCCCCCCCC. The van der Waals surface area contributed by atoms with Gasteiger partial charge in [-0.1, -0.05) is 372 Å². The molecule has 0 rings (SSSR count). The summed E-state index contributed by atoms with van der Waals surface area (Å²) in [7, 11) is 0. The van der Waals surface area contributed by atoms with Crippen molar-refractivity contribution < 1.29 is 28.6 Å². The van der Waals surface area contributed by atoms with E-state index in [0.29, 0.717) is 19.3 Å². The summed E-state index contributed by atoms with van der Waals surface area (Å²) in [6, 6.07) is 0. The Bertz CT molecular complexity index is 1370. The van der Waals surface area contributed by atoms with Crippen molar-refractivity contribution in [2.24, 2.45) is 0 Å². The third-order valence-electron chi connectivity index (χ3n) is 16.9. The van der Waals surface area contributed by atoms with Crippen LogP contribution in [0.25, 0.3) is 0 Å². The maximum atomic E-state index is 12.9. The van der Waals surface area contributed by atoms with Gasteiger partial charge in [-0.15, -0.1) is 0 Å². The number of hydrogen-bond acceptors (Lipinski definition) is 6. The molecule has 0 saturated carbocycles. The molecule has 0 spiro atoms. The van der Waals surface area contributed by atoms with Gasteiger partial charge in [0.1, 0.15) is 13.2 Å². The summed E-state index contributed by atoms with van der Waals surface area (Å²) in [5.41, 5.74) is 0. The molecule has 1 atom stereocenters. The zero-order valence-corrected chi connectivity index (χ0v) is 55.5. The van der Waals surface area contributed by atoms with Crippen LogP contribution in [-0.2, 0) is 28.6 Å². The van der Waals surface area contributed by atoms with Crippen LogP contribution in [0.15, 0.2) is 36.5 Å². The predicted octanol–water partition coefficient (Wildman–Crippen LogP) is 25.5. The van der Waals surface area contributed by atoms with Crippen LogP contribution in [0.2, 0.25) is 0 Å². The van der Waals surface area contributed by atoms with E-state index in [1.165, 1.54) is 295 Å². The monoisotopic (exact) mass is 1150 g/mol.